The third-order valence-corrected chi connectivity index (χ3v) is 5.97. The van der Waals surface area contributed by atoms with Gasteiger partial charge in [0, 0.05) is 17.1 Å². The van der Waals surface area contributed by atoms with Crippen LogP contribution in [-0.4, -0.2) is 24.7 Å². The number of nitrogens with zero attached hydrogens (tertiary/aromatic N) is 4. The van der Waals surface area contributed by atoms with Crippen LogP contribution in [0, 0.1) is 0 Å². The van der Waals surface area contributed by atoms with Crippen LogP contribution in [0.5, 0.6) is 0 Å². The Bertz CT molecular complexity index is 1120. The van der Waals surface area contributed by atoms with E-state index >= 15 is 0 Å². The minimum absolute atomic E-state index is 0.0978. The van der Waals surface area contributed by atoms with Gasteiger partial charge < -0.3 is 9.55 Å². The van der Waals surface area contributed by atoms with E-state index in [0.29, 0.717) is 21.3 Å². The summed E-state index contributed by atoms with van der Waals surface area (Å²) in [6.07, 6.45) is 0. The van der Waals surface area contributed by atoms with Gasteiger partial charge in [0.25, 0.3) is 5.56 Å². The Morgan fingerprint density at radius 1 is 1.23 bits per heavy atom. The van der Waals surface area contributed by atoms with Gasteiger partial charge in [-0.3, -0.25) is 4.79 Å². The first kappa shape index (κ1) is 17.3. The van der Waals surface area contributed by atoms with Crippen molar-refractivity contribution >= 4 is 44.9 Å². The summed E-state index contributed by atoms with van der Waals surface area (Å²) in [5.74, 6) is 1.94. The predicted molar refractivity (Wildman–Crippen MR) is 106 cm³/mol. The Morgan fingerprint density at radius 3 is 2.81 bits per heavy atom. The molecule has 3 aromatic heterocycles. The molecule has 6 nitrogen and oxygen atoms in total. The number of nitrogens with one attached hydrogen (secondary N) is 1. The van der Waals surface area contributed by atoms with Crippen LogP contribution in [0.2, 0.25) is 5.02 Å². The molecule has 3 heterocycles. The fraction of sp³-hybridized carbons (Fsp3) is 0.176. The molecule has 0 saturated heterocycles. The molecular formula is C17H14ClN5OS2. The van der Waals surface area contributed by atoms with Crippen molar-refractivity contribution in [2.24, 2.45) is 0 Å². The lowest BCUT2D eigenvalue weighted by molar-refractivity contribution is 0.687. The lowest BCUT2D eigenvalue weighted by Crippen LogP contribution is -2.09. The van der Waals surface area contributed by atoms with E-state index in [2.05, 4.69) is 20.2 Å². The number of aromatic nitrogens is 5. The van der Waals surface area contributed by atoms with Crippen LogP contribution in [0.3, 0.4) is 0 Å². The minimum atomic E-state index is -0.0978. The Balaban J connectivity index is 1.60. The Hall–Kier alpha value is -2.16. The molecule has 0 fully saturated rings. The number of thioether (sulfide) groups is 1. The largest absolute Gasteiger partial charge is 0.309 e. The summed E-state index contributed by atoms with van der Waals surface area (Å²) in [5, 5.41) is 12.0. The highest BCUT2D eigenvalue weighted by Crippen LogP contribution is 2.26. The summed E-state index contributed by atoms with van der Waals surface area (Å²) in [6.45, 7) is 2.78. The molecule has 1 aromatic carbocycles. The lowest BCUT2D eigenvalue weighted by Gasteiger charge is -2.07. The second kappa shape index (κ2) is 7.22. The zero-order valence-electron chi connectivity index (χ0n) is 13.8. The molecule has 9 heteroatoms. The first-order valence-electron chi connectivity index (χ1n) is 7.94. The molecule has 4 rings (SSSR count). The monoisotopic (exact) mass is 403 g/mol. The maximum absolute atomic E-state index is 12.1. The molecule has 0 spiro atoms. The van der Waals surface area contributed by atoms with Gasteiger partial charge in [-0.15, -0.1) is 21.5 Å². The molecule has 0 radical (unpaired) electrons. The SMILES string of the molecule is CCn1c(SCc2nc3ccsc3c(=O)[nH]2)nnc1-c1ccc(Cl)cc1. The molecule has 26 heavy (non-hydrogen) atoms. The second-order valence-electron chi connectivity index (χ2n) is 5.49. The number of benzene rings is 1. The molecule has 0 aliphatic heterocycles. The van der Waals surface area contributed by atoms with Gasteiger partial charge in [0.2, 0.25) is 0 Å². The number of hydrogen-bond donors (Lipinski definition) is 1. The number of H-pyrrole nitrogens is 1. The molecule has 0 amide bonds. The highest BCUT2D eigenvalue weighted by molar-refractivity contribution is 7.98. The summed E-state index contributed by atoms with van der Waals surface area (Å²) in [7, 11) is 0. The van der Waals surface area contributed by atoms with E-state index in [1.54, 1.807) is 0 Å². The summed E-state index contributed by atoms with van der Waals surface area (Å²) in [5.41, 5.74) is 1.59. The van der Waals surface area contributed by atoms with Crippen LogP contribution in [0.15, 0.2) is 45.7 Å². The average Bonchev–Trinajstić information content (AvgIpc) is 3.27. The summed E-state index contributed by atoms with van der Waals surface area (Å²) in [4.78, 5) is 19.4. The highest BCUT2D eigenvalue weighted by Gasteiger charge is 2.14. The van der Waals surface area contributed by atoms with Crippen molar-refractivity contribution in [2.75, 3.05) is 0 Å². The van der Waals surface area contributed by atoms with Gasteiger partial charge in [0.1, 0.15) is 10.5 Å². The minimum Gasteiger partial charge on any atom is -0.309 e. The molecule has 1 N–H and O–H groups in total. The summed E-state index contributed by atoms with van der Waals surface area (Å²) >= 11 is 8.85. The smallest absolute Gasteiger partial charge is 0.268 e. The van der Waals surface area contributed by atoms with Gasteiger partial charge in [-0.25, -0.2) is 4.98 Å². The number of halogens is 1. The molecule has 0 unspecified atom stereocenters. The van der Waals surface area contributed by atoms with Crippen molar-refractivity contribution < 1.29 is 0 Å². The fourth-order valence-electron chi connectivity index (χ4n) is 2.62. The van der Waals surface area contributed by atoms with Crippen LogP contribution in [0.1, 0.15) is 12.7 Å². The third-order valence-electron chi connectivity index (χ3n) is 3.84. The average molecular weight is 404 g/mol. The Kier molecular flexibility index (Phi) is 4.80. The summed E-state index contributed by atoms with van der Waals surface area (Å²) < 4.78 is 2.69. The molecule has 0 aliphatic rings. The molecule has 0 saturated carbocycles. The van der Waals surface area contributed by atoms with Crippen molar-refractivity contribution in [1.29, 1.82) is 0 Å². The molecule has 0 bridgehead atoms. The van der Waals surface area contributed by atoms with Gasteiger partial charge in [-0.05, 0) is 42.6 Å². The molecular weight excluding hydrogens is 390 g/mol. The van der Waals surface area contributed by atoms with Gasteiger partial charge in [0.05, 0.1) is 11.3 Å². The van der Waals surface area contributed by atoms with Crippen LogP contribution in [0.25, 0.3) is 21.6 Å². The normalized spacial score (nSPS) is 11.3. The first-order valence-corrected chi connectivity index (χ1v) is 10.2. The standard InChI is InChI=1S/C17H14ClN5OS2/c1-2-23-15(10-3-5-11(18)6-4-10)21-22-17(23)26-9-13-19-12-7-8-25-14(12)16(24)20-13/h3-8H,2,9H2,1H3,(H,19,20,24). The number of aromatic amines is 1. The summed E-state index contributed by atoms with van der Waals surface area (Å²) in [6, 6.07) is 9.38. The Labute approximate surface area is 162 Å². The Morgan fingerprint density at radius 2 is 2.04 bits per heavy atom. The zero-order valence-corrected chi connectivity index (χ0v) is 16.2. The fourth-order valence-corrected chi connectivity index (χ4v) is 4.34. The van der Waals surface area contributed by atoms with Crippen molar-refractivity contribution in [3.8, 4) is 11.4 Å². The van der Waals surface area contributed by atoms with Crippen LogP contribution in [0.4, 0.5) is 0 Å². The predicted octanol–water partition coefficient (Wildman–Crippen LogP) is 4.21. The van der Waals surface area contributed by atoms with Crippen LogP contribution < -0.4 is 5.56 Å². The maximum Gasteiger partial charge on any atom is 0.268 e. The van der Waals surface area contributed by atoms with E-state index in [-0.39, 0.29) is 5.56 Å². The van der Waals surface area contributed by atoms with Crippen molar-refractivity contribution in [3.63, 3.8) is 0 Å². The van der Waals surface area contributed by atoms with Crippen LogP contribution in [-0.2, 0) is 12.3 Å². The van der Waals surface area contributed by atoms with Gasteiger partial charge in [0.15, 0.2) is 11.0 Å². The third kappa shape index (κ3) is 3.27. The molecule has 0 aliphatic carbocycles. The van der Waals surface area contributed by atoms with E-state index in [0.717, 1.165) is 28.6 Å². The van der Waals surface area contributed by atoms with E-state index in [1.165, 1.54) is 23.1 Å². The second-order valence-corrected chi connectivity index (χ2v) is 7.79. The topological polar surface area (TPSA) is 76.5 Å². The van der Waals surface area contributed by atoms with Gasteiger partial charge in [-0.2, -0.15) is 0 Å². The number of fused-ring (bicyclic) bond motifs is 1. The first-order chi connectivity index (χ1) is 12.7. The van der Waals surface area contributed by atoms with Crippen molar-refractivity contribution in [2.45, 2.75) is 24.4 Å². The van der Waals surface area contributed by atoms with Crippen LogP contribution >= 0.6 is 34.7 Å². The molecule has 4 aromatic rings. The van der Waals surface area contributed by atoms with Crippen molar-refractivity contribution in [1.82, 2.24) is 24.7 Å². The van der Waals surface area contributed by atoms with Gasteiger partial charge in [-0.1, -0.05) is 23.4 Å². The zero-order chi connectivity index (χ0) is 18.1. The van der Waals surface area contributed by atoms with E-state index in [1.807, 2.05) is 47.2 Å². The highest BCUT2D eigenvalue weighted by atomic mass is 35.5. The molecule has 0 atom stereocenters. The quantitative estimate of drug-likeness (QED) is 0.505. The molecule has 132 valence electrons. The van der Waals surface area contributed by atoms with Crippen molar-refractivity contribution in [3.05, 3.63) is 56.9 Å². The van der Waals surface area contributed by atoms with E-state index in [9.17, 15) is 4.79 Å². The number of rotatable bonds is 5. The number of thiophene rings is 1. The van der Waals surface area contributed by atoms with E-state index < -0.39 is 0 Å². The van der Waals surface area contributed by atoms with E-state index in [4.69, 9.17) is 11.6 Å². The lowest BCUT2D eigenvalue weighted by atomic mass is 10.2. The number of hydrogen-bond acceptors (Lipinski definition) is 6. The maximum atomic E-state index is 12.1. The van der Waals surface area contributed by atoms with Gasteiger partial charge >= 0.3 is 0 Å².